The lowest BCUT2D eigenvalue weighted by molar-refractivity contribution is -0.146. The van der Waals surface area contributed by atoms with Gasteiger partial charge in [0.2, 0.25) is 0 Å². The minimum absolute atomic E-state index is 0.0627. The average Bonchev–Trinajstić information content (AvgIpc) is 2.96. The number of unbranched alkanes of at least 4 members (excludes halogenated alkanes) is 1. The molecule has 0 bridgehead atoms. The van der Waals surface area contributed by atoms with Crippen molar-refractivity contribution in [2.75, 3.05) is 146 Å². The zero-order chi connectivity index (χ0) is 30.8. The van der Waals surface area contributed by atoms with Crippen LogP contribution in [-0.4, -0.2) is 168 Å². The lowest BCUT2D eigenvalue weighted by Gasteiger charge is -2.10. The molecule has 0 spiro atoms. The number of hydrogen-bond donors (Lipinski definition) is 1. The van der Waals surface area contributed by atoms with Crippen LogP contribution in [0.15, 0.2) is 0 Å². The number of carbonyl (C=O) groups is 2. The van der Waals surface area contributed by atoms with E-state index < -0.39 is 5.97 Å². The summed E-state index contributed by atoms with van der Waals surface area (Å²) in [5.41, 5.74) is 0. The highest BCUT2D eigenvalue weighted by atomic mass is 16.6. The van der Waals surface area contributed by atoms with E-state index in [1.807, 2.05) is 14.1 Å². The summed E-state index contributed by atoms with van der Waals surface area (Å²) >= 11 is 0. The van der Waals surface area contributed by atoms with E-state index in [4.69, 9.17) is 52.5 Å². The molecule has 0 amide bonds. The molecule has 14 nitrogen and oxygen atoms in total. The number of aliphatic carboxylic acids is 1. The molecule has 0 aromatic carbocycles. The van der Waals surface area contributed by atoms with E-state index in [1.54, 1.807) is 0 Å². The van der Waals surface area contributed by atoms with Crippen molar-refractivity contribution >= 4 is 11.9 Å². The highest BCUT2D eigenvalue weighted by molar-refractivity contribution is 5.69. The first-order valence-corrected chi connectivity index (χ1v) is 14.7. The second-order valence-corrected chi connectivity index (χ2v) is 9.14. The van der Waals surface area contributed by atoms with Crippen LogP contribution in [0.5, 0.6) is 0 Å². The van der Waals surface area contributed by atoms with Gasteiger partial charge in [0.25, 0.3) is 0 Å². The van der Waals surface area contributed by atoms with Crippen LogP contribution in [0, 0.1) is 0 Å². The zero-order valence-electron chi connectivity index (χ0n) is 25.8. The maximum absolute atomic E-state index is 11.5. The largest absolute Gasteiger partial charge is 0.481 e. The summed E-state index contributed by atoms with van der Waals surface area (Å²) in [5.74, 6) is -1.21. The maximum atomic E-state index is 11.5. The van der Waals surface area contributed by atoms with Crippen LogP contribution in [-0.2, 0) is 57.0 Å². The fourth-order valence-electron chi connectivity index (χ4n) is 2.94. The van der Waals surface area contributed by atoms with Crippen LogP contribution in [0.2, 0.25) is 0 Å². The average molecular weight is 614 g/mol. The lowest BCUT2D eigenvalue weighted by Crippen LogP contribution is -2.19. The van der Waals surface area contributed by atoms with E-state index in [1.165, 1.54) is 0 Å². The molecule has 0 atom stereocenters. The standard InChI is InChI=1S/C28H55NO13/c1-29(2)7-8-33-9-10-34-11-12-35-13-14-36-15-16-37-17-18-38-19-20-39-21-22-40-23-24-41-25-26-42-28(32)6-4-3-5-27(30)31/h3-26H2,1-2H3,(H,30,31). The minimum Gasteiger partial charge on any atom is -0.481 e. The van der Waals surface area contributed by atoms with Gasteiger partial charge in [-0.15, -0.1) is 0 Å². The van der Waals surface area contributed by atoms with Crippen LogP contribution >= 0.6 is 0 Å². The van der Waals surface area contributed by atoms with Crippen LogP contribution in [0.1, 0.15) is 25.7 Å². The van der Waals surface area contributed by atoms with E-state index in [9.17, 15) is 9.59 Å². The molecular formula is C28H55NO13. The molecule has 0 aliphatic heterocycles. The van der Waals surface area contributed by atoms with E-state index in [2.05, 4.69) is 4.90 Å². The Bertz CT molecular complexity index is 584. The molecule has 1 N–H and O–H groups in total. The van der Waals surface area contributed by atoms with Gasteiger partial charge in [-0.05, 0) is 26.9 Å². The maximum Gasteiger partial charge on any atom is 0.305 e. The van der Waals surface area contributed by atoms with Gasteiger partial charge >= 0.3 is 11.9 Å². The molecule has 0 unspecified atom stereocenters. The molecule has 0 aromatic heterocycles. The van der Waals surface area contributed by atoms with Crippen molar-refractivity contribution in [3.05, 3.63) is 0 Å². The molecule has 0 heterocycles. The Morgan fingerprint density at radius 1 is 0.452 bits per heavy atom. The number of carboxylic acids is 1. The molecule has 0 radical (unpaired) electrons. The van der Waals surface area contributed by atoms with Crippen LogP contribution in [0.4, 0.5) is 0 Å². The van der Waals surface area contributed by atoms with E-state index in [0.717, 1.165) is 6.54 Å². The van der Waals surface area contributed by atoms with Gasteiger partial charge < -0.3 is 57.4 Å². The monoisotopic (exact) mass is 613 g/mol. The third-order valence-corrected chi connectivity index (χ3v) is 5.17. The molecule has 0 fully saturated rings. The van der Waals surface area contributed by atoms with Crippen molar-refractivity contribution in [1.82, 2.24) is 4.90 Å². The second-order valence-electron chi connectivity index (χ2n) is 9.14. The fourth-order valence-corrected chi connectivity index (χ4v) is 2.94. The first kappa shape index (κ1) is 40.5. The summed E-state index contributed by atoms with van der Waals surface area (Å²) in [7, 11) is 4.03. The van der Waals surface area contributed by atoms with Crippen LogP contribution in [0.25, 0.3) is 0 Å². The van der Waals surface area contributed by atoms with Gasteiger partial charge in [0.1, 0.15) is 6.61 Å². The Kier molecular flexibility index (Phi) is 32.9. The minimum atomic E-state index is -0.861. The molecule has 0 saturated heterocycles. The van der Waals surface area contributed by atoms with Crippen molar-refractivity contribution in [2.45, 2.75) is 25.7 Å². The quantitative estimate of drug-likeness (QED) is 0.0796. The number of carboxylic acid groups (broad SMARTS) is 1. The second kappa shape index (κ2) is 34.0. The van der Waals surface area contributed by atoms with Gasteiger partial charge in [-0.3, -0.25) is 9.59 Å². The van der Waals surface area contributed by atoms with E-state index in [-0.39, 0.29) is 32.0 Å². The Balaban J connectivity index is 3.10. The Labute approximate surface area is 251 Å². The van der Waals surface area contributed by atoms with Crippen molar-refractivity contribution in [2.24, 2.45) is 0 Å². The van der Waals surface area contributed by atoms with Gasteiger partial charge in [0.15, 0.2) is 0 Å². The number of ether oxygens (including phenoxy) is 10. The van der Waals surface area contributed by atoms with E-state index in [0.29, 0.717) is 125 Å². The highest BCUT2D eigenvalue weighted by Gasteiger charge is 2.04. The third kappa shape index (κ3) is 36.6. The fraction of sp³-hybridized carbons (Fsp3) is 0.929. The van der Waals surface area contributed by atoms with Gasteiger partial charge in [-0.1, -0.05) is 0 Å². The number of carbonyl (C=O) groups excluding carboxylic acids is 1. The van der Waals surface area contributed by atoms with Crippen molar-refractivity contribution in [3.8, 4) is 0 Å². The zero-order valence-corrected chi connectivity index (χ0v) is 25.8. The third-order valence-electron chi connectivity index (χ3n) is 5.17. The van der Waals surface area contributed by atoms with Crippen molar-refractivity contribution in [3.63, 3.8) is 0 Å². The molecule has 0 saturated carbocycles. The molecule has 14 heteroatoms. The predicted molar refractivity (Wildman–Crippen MR) is 153 cm³/mol. The first-order chi connectivity index (χ1) is 20.5. The number of likely N-dealkylation sites (N-methyl/N-ethyl adjacent to an activating group) is 1. The van der Waals surface area contributed by atoms with Crippen molar-refractivity contribution < 1.29 is 62.1 Å². The number of nitrogens with zero attached hydrogens (tertiary/aromatic N) is 1. The molecule has 0 aliphatic carbocycles. The Morgan fingerprint density at radius 2 is 0.738 bits per heavy atom. The summed E-state index contributed by atoms with van der Waals surface area (Å²) < 4.78 is 53.8. The molecular weight excluding hydrogens is 558 g/mol. The lowest BCUT2D eigenvalue weighted by atomic mass is 10.2. The molecule has 0 aliphatic rings. The molecule has 250 valence electrons. The van der Waals surface area contributed by atoms with Crippen molar-refractivity contribution in [1.29, 1.82) is 0 Å². The SMILES string of the molecule is CN(C)CCOCCOCCOCCOCCOCCOCCOCCOCCOCCOC(=O)CCCCC(=O)O. The Hall–Kier alpha value is -1.46. The summed E-state index contributed by atoms with van der Waals surface area (Å²) in [6.07, 6.45) is 1.25. The van der Waals surface area contributed by atoms with Gasteiger partial charge in [-0.2, -0.15) is 0 Å². The number of rotatable bonds is 35. The summed E-state index contributed by atoms with van der Waals surface area (Å²) in [6, 6.07) is 0. The highest BCUT2D eigenvalue weighted by Crippen LogP contribution is 2.01. The van der Waals surface area contributed by atoms with Gasteiger partial charge in [0.05, 0.1) is 119 Å². The number of esters is 1. The van der Waals surface area contributed by atoms with Gasteiger partial charge in [-0.25, -0.2) is 0 Å². The predicted octanol–water partition coefficient (Wildman–Crippen LogP) is 0.886. The van der Waals surface area contributed by atoms with Crippen LogP contribution in [0.3, 0.4) is 0 Å². The molecule has 0 aromatic rings. The van der Waals surface area contributed by atoms with E-state index >= 15 is 0 Å². The summed E-state index contributed by atoms with van der Waals surface area (Å²) in [4.78, 5) is 23.9. The smallest absolute Gasteiger partial charge is 0.305 e. The van der Waals surface area contributed by atoms with Crippen LogP contribution < -0.4 is 0 Å². The topological polar surface area (TPSA) is 150 Å². The first-order valence-electron chi connectivity index (χ1n) is 14.7. The summed E-state index contributed by atoms with van der Waals surface area (Å²) in [6.45, 7) is 9.98. The molecule has 42 heavy (non-hydrogen) atoms. The van der Waals surface area contributed by atoms with Gasteiger partial charge in [0, 0.05) is 19.4 Å². The number of hydrogen-bond acceptors (Lipinski definition) is 13. The normalized spacial score (nSPS) is 11.4. The summed E-state index contributed by atoms with van der Waals surface area (Å²) in [5, 5.41) is 8.54. The Morgan fingerprint density at radius 3 is 1.05 bits per heavy atom. The molecule has 0 rings (SSSR count).